The topological polar surface area (TPSA) is 51.8 Å². The maximum absolute atomic E-state index is 13.0. The zero-order valence-corrected chi connectivity index (χ0v) is 7.55. The second kappa shape index (κ2) is 2.94. The standard InChI is InChI=1S/C9H12FN3/c1-5-7(10)8(11)13-9(12-5)6-3-2-4-6/h6H,2-4H2,1H3,(H2,11,12,13). The highest BCUT2D eigenvalue weighted by atomic mass is 19.1. The molecule has 3 nitrogen and oxygen atoms in total. The van der Waals surface area contributed by atoms with Crippen LogP contribution >= 0.6 is 0 Å². The van der Waals surface area contributed by atoms with Crippen molar-refractivity contribution in [1.82, 2.24) is 9.97 Å². The Labute approximate surface area is 76.2 Å². The first-order valence-electron chi connectivity index (χ1n) is 4.48. The third-order valence-electron chi connectivity index (χ3n) is 2.53. The highest BCUT2D eigenvalue weighted by molar-refractivity contribution is 5.32. The molecule has 2 rings (SSSR count). The van der Waals surface area contributed by atoms with Crippen molar-refractivity contribution in [3.8, 4) is 0 Å². The number of nitrogen functional groups attached to an aromatic ring is 1. The molecule has 0 spiro atoms. The molecule has 1 heterocycles. The Bertz CT molecular complexity index is 311. The van der Waals surface area contributed by atoms with Crippen molar-refractivity contribution in [2.24, 2.45) is 0 Å². The van der Waals surface area contributed by atoms with Crippen molar-refractivity contribution in [3.05, 3.63) is 17.3 Å². The summed E-state index contributed by atoms with van der Waals surface area (Å²) in [5.74, 6) is 0.613. The quantitative estimate of drug-likeness (QED) is 0.718. The van der Waals surface area contributed by atoms with Gasteiger partial charge in [0.2, 0.25) is 0 Å². The summed E-state index contributed by atoms with van der Waals surface area (Å²) in [6, 6.07) is 0. The normalized spacial score (nSPS) is 17.1. The molecule has 0 radical (unpaired) electrons. The van der Waals surface area contributed by atoms with Crippen LogP contribution in [0, 0.1) is 12.7 Å². The largest absolute Gasteiger partial charge is 0.381 e. The molecular formula is C9H12FN3. The molecular weight excluding hydrogens is 169 g/mol. The van der Waals surface area contributed by atoms with E-state index >= 15 is 0 Å². The van der Waals surface area contributed by atoms with Gasteiger partial charge in [0.05, 0.1) is 5.69 Å². The average molecular weight is 181 g/mol. The minimum absolute atomic E-state index is 0.0191. The van der Waals surface area contributed by atoms with Gasteiger partial charge in [0.1, 0.15) is 5.82 Å². The van der Waals surface area contributed by atoms with Crippen LogP contribution in [0.5, 0.6) is 0 Å². The zero-order valence-electron chi connectivity index (χ0n) is 7.55. The minimum Gasteiger partial charge on any atom is -0.381 e. The second-order valence-electron chi connectivity index (χ2n) is 3.49. The first-order valence-corrected chi connectivity index (χ1v) is 4.48. The Morgan fingerprint density at radius 1 is 1.38 bits per heavy atom. The van der Waals surface area contributed by atoms with Crippen LogP contribution in [-0.4, -0.2) is 9.97 Å². The molecule has 1 fully saturated rings. The Hall–Kier alpha value is -1.19. The highest BCUT2D eigenvalue weighted by Crippen LogP contribution is 2.34. The van der Waals surface area contributed by atoms with Crippen molar-refractivity contribution < 1.29 is 4.39 Å². The van der Waals surface area contributed by atoms with Crippen molar-refractivity contribution in [1.29, 1.82) is 0 Å². The summed E-state index contributed by atoms with van der Waals surface area (Å²) in [6.45, 7) is 1.62. The molecule has 1 aliphatic carbocycles. The summed E-state index contributed by atoms with van der Waals surface area (Å²) >= 11 is 0. The van der Waals surface area contributed by atoms with E-state index in [1.54, 1.807) is 6.92 Å². The van der Waals surface area contributed by atoms with Crippen LogP contribution in [0.15, 0.2) is 0 Å². The van der Waals surface area contributed by atoms with Crippen LogP contribution in [0.2, 0.25) is 0 Å². The Morgan fingerprint density at radius 2 is 2.08 bits per heavy atom. The lowest BCUT2D eigenvalue weighted by Crippen LogP contribution is -2.15. The van der Waals surface area contributed by atoms with Gasteiger partial charge >= 0.3 is 0 Å². The van der Waals surface area contributed by atoms with Crippen LogP contribution in [0.1, 0.15) is 36.7 Å². The molecule has 1 aromatic rings. The Morgan fingerprint density at radius 3 is 2.54 bits per heavy atom. The summed E-state index contributed by atoms with van der Waals surface area (Å²) in [5, 5.41) is 0. The maximum Gasteiger partial charge on any atom is 0.186 e. The van der Waals surface area contributed by atoms with Crippen LogP contribution in [0.25, 0.3) is 0 Å². The fraction of sp³-hybridized carbons (Fsp3) is 0.556. The predicted molar refractivity (Wildman–Crippen MR) is 47.7 cm³/mol. The van der Waals surface area contributed by atoms with Gasteiger partial charge in [-0.1, -0.05) is 6.42 Å². The molecule has 2 N–H and O–H groups in total. The molecule has 1 aromatic heterocycles. The van der Waals surface area contributed by atoms with E-state index in [2.05, 4.69) is 9.97 Å². The van der Waals surface area contributed by atoms with Gasteiger partial charge in [0, 0.05) is 5.92 Å². The number of nitrogens with zero attached hydrogens (tertiary/aromatic N) is 2. The van der Waals surface area contributed by atoms with Crippen LogP contribution in [0.4, 0.5) is 10.2 Å². The molecule has 0 aromatic carbocycles. The smallest absolute Gasteiger partial charge is 0.186 e. The first-order chi connectivity index (χ1) is 6.18. The van der Waals surface area contributed by atoms with E-state index < -0.39 is 5.82 Å². The molecule has 13 heavy (non-hydrogen) atoms. The van der Waals surface area contributed by atoms with E-state index in [1.807, 2.05) is 0 Å². The third-order valence-corrected chi connectivity index (χ3v) is 2.53. The van der Waals surface area contributed by atoms with Crippen molar-refractivity contribution >= 4 is 5.82 Å². The molecule has 1 saturated carbocycles. The Kier molecular flexibility index (Phi) is 1.90. The van der Waals surface area contributed by atoms with Crippen LogP contribution in [-0.2, 0) is 0 Å². The van der Waals surface area contributed by atoms with E-state index in [-0.39, 0.29) is 5.82 Å². The molecule has 1 aliphatic rings. The summed E-state index contributed by atoms with van der Waals surface area (Å²) in [7, 11) is 0. The number of anilines is 1. The maximum atomic E-state index is 13.0. The summed E-state index contributed by atoms with van der Waals surface area (Å²) in [4.78, 5) is 8.04. The highest BCUT2D eigenvalue weighted by Gasteiger charge is 2.23. The lowest BCUT2D eigenvalue weighted by Gasteiger charge is -2.24. The second-order valence-corrected chi connectivity index (χ2v) is 3.49. The third kappa shape index (κ3) is 1.36. The fourth-order valence-corrected chi connectivity index (χ4v) is 1.45. The van der Waals surface area contributed by atoms with Crippen LogP contribution in [0.3, 0.4) is 0 Å². The summed E-state index contributed by atoms with van der Waals surface area (Å²) in [6.07, 6.45) is 3.42. The molecule has 0 saturated heterocycles. The SMILES string of the molecule is Cc1nc(C2CCC2)nc(N)c1F. The van der Waals surface area contributed by atoms with Gasteiger partial charge in [-0.15, -0.1) is 0 Å². The van der Waals surface area contributed by atoms with E-state index in [0.29, 0.717) is 17.4 Å². The van der Waals surface area contributed by atoms with Gasteiger partial charge in [0.25, 0.3) is 0 Å². The average Bonchev–Trinajstić information content (AvgIpc) is 1.96. The summed E-state index contributed by atoms with van der Waals surface area (Å²) in [5.41, 5.74) is 5.77. The van der Waals surface area contributed by atoms with E-state index in [4.69, 9.17) is 5.73 Å². The number of rotatable bonds is 1. The van der Waals surface area contributed by atoms with Gasteiger partial charge in [-0.2, -0.15) is 0 Å². The zero-order chi connectivity index (χ0) is 9.42. The molecule has 0 amide bonds. The number of halogens is 1. The number of aryl methyl sites for hydroxylation is 1. The monoisotopic (exact) mass is 181 g/mol. The van der Waals surface area contributed by atoms with Gasteiger partial charge in [0.15, 0.2) is 11.6 Å². The lowest BCUT2D eigenvalue weighted by molar-refractivity contribution is 0.399. The van der Waals surface area contributed by atoms with Gasteiger partial charge in [-0.25, -0.2) is 14.4 Å². The predicted octanol–water partition coefficient (Wildman–Crippen LogP) is 1.77. The van der Waals surface area contributed by atoms with E-state index in [0.717, 1.165) is 12.8 Å². The molecule has 0 bridgehead atoms. The molecule has 70 valence electrons. The molecule has 4 heteroatoms. The van der Waals surface area contributed by atoms with Crippen LogP contribution < -0.4 is 5.73 Å². The van der Waals surface area contributed by atoms with E-state index in [1.165, 1.54) is 6.42 Å². The van der Waals surface area contributed by atoms with Gasteiger partial charge in [-0.05, 0) is 19.8 Å². The number of nitrogens with two attached hydrogens (primary N) is 1. The molecule has 0 atom stereocenters. The minimum atomic E-state index is -0.483. The van der Waals surface area contributed by atoms with E-state index in [9.17, 15) is 4.39 Å². The number of hydrogen-bond donors (Lipinski definition) is 1. The fourth-order valence-electron chi connectivity index (χ4n) is 1.45. The van der Waals surface area contributed by atoms with Gasteiger partial charge in [-0.3, -0.25) is 0 Å². The lowest BCUT2D eigenvalue weighted by atomic mass is 9.85. The number of hydrogen-bond acceptors (Lipinski definition) is 3. The van der Waals surface area contributed by atoms with Crippen molar-refractivity contribution in [2.45, 2.75) is 32.1 Å². The van der Waals surface area contributed by atoms with Crippen molar-refractivity contribution in [2.75, 3.05) is 5.73 Å². The molecule has 0 aliphatic heterocycles. The summed E-state index contributed by atoms with van der Waals surface area (Å²) < 4.78 is 13.0. The van der Waals surface area contributed by atoms with Crippen molar-refractivity contribution in [3.63, 3.8) is 0 Å². The molecule has 0 unspecified atom stereocenters. The number of aromatic nitrogens is 2. The Balaban J connectivity index is 2.37. The first kappa shape index (κ1) is 8.41. The van der Waals surface area contributed by atoms with Gasteiger partial charge < -0.3 is 5.73 Å².